The average Bonchev–Trinajstić information content (AvgIpc) is 2.85. The molecule has 3 aromatic heterocycles. The largest absolute Gasteiger partial charge is 0.346 e. The molecule has 0 atom stereocenters. The molecule has 3 aromatic rings. The van der Waals surface area contributed by atoms with Gasteiger partial charge in [0.2, 0.25) is 0 Å². The van der Waals surface area contributed by atoms with Crippen LogP contribution in [0.4, 0.5) is 0 Å². The molecule has 0 spiro atoms. The number of aromatic amines is 2. The summed E-state index contributed by atoms with van der Waals surface area (Å²) in [6.45, 7) is 2.06. The third kappa shape index (κ3) is 1.15. The zero-order valence-electron chi connectivity index (χ0n) is 8.28. The number of aryl methyl sites for hydroxylation is 1. The molecule has 0 saturated carbocycles. The first-order chi connectivity index (χ1) is 7.36. The second-order valence-corrected chi connectivity index (χ2v) is 3.54. The van der Waals surface area contributed by atoms with Crippen molar-refractivity contribution >= 4 is 11.0 Å². The lowest BCUT2D eigenvalue weighted by atomic mass is 10.0. The summed E-state index contributed by atoms with van der Waals surface area (Å²) in [7, 11) is 0. The average molecular weight is 198 g/mol. The SMILES string of the molecule is Cc1cnc2[nH]ccc2c1-c1cn[nH]c1. The van der Waals surface area contributed by atoms with E-state index in [9.17, 15) is 0 Å². The second-order valence-electron chi connectivity index (χ2n) is 3.54. The van der Waals surface area contributed by atoms with Crippen molar-refractivity contribution in [3.8, 4) is 11.1 Å². The van der Waals surface area contributed by atoms with Crippen LogP contribution in [0.15, 0.2) is 30.9 Å². The van der Waals surface area contributed by atoms with E-state index in [0.717, 1.165) is 22.2 Å². The van der Waals surface area contributed by atoms with Crippen LogP contribution in [-0.4, -0.2) is 20.2 Å². The Morgan fingerprint density at radius 3 is 3.00 bits per heavy atom. The van der Waals surface area contributed by atoms with Gasteiger partial charge in [-0.1, -0.05) is 0 Å². The Hall–Kier alpha value is -2.10. The smallest absolute Gasteiger partial charge is 0.137 e. The van der Waals surface area contributed by atoms with E-state index in [2.05, 4.69) is 27.1 Å². The fourth-order valence-corrected chi connectivity index (χ4v) is 1.88. The molecule has 0 radical (unpaired) electrons. The highest BCUT2D eigenvalue weighted by atomic mass is 15.1. The van der Waals surface area contributed by atoms with E-state index in [1.807, 2.05) is 30.9 Å². The van der Waals surface area contributed by atoms with E-state index >= 15 is 0 Å². The second kappa shape index (κ2) is 2.95. The first kappa shape index (κ1) is 8.23. The summed E-state index contributed by atoms with van der Waals surface area (Å²) in [6.07, 6.45) is 7.51. The summed E-state index contributed by atoms with van der Waals surface area (Å²) in [5.74, 6) is 0. The summed E-state index contributed by atoms with van der Waals surface area (Å²) in [6, 6.07) is 2.04. The zero-order valence-corrected chi connectivity index (χ0v) is 8.28. The molecule has 0 aliphatic rings. The minimum absolute atomic E-state index is 0.914. The number of hydrogen-bond acceptors (Lipinski definition) is 2. The molecular weight excluding hydrogens is 188 g/mol. The van der Waals surface area contributed by atoms with E-state index < -0.39 is 0 Å². The van der Waals surface area contributed by atoms with Crippen molar-refractivity contribution in [1.29, 1.82) is 0 Å². The van der Waals surface area contributed by atoms with Gasteiger partial charge in [-0.05, 0) is 18.6 Å². The first-order valence-electron chi connectivity index (χ1n) is 4.78. The predicted octanol–water partition coefficient (Wildman–Crippen LogP) is 2.26. The molecule has 15 heavy (non-hydrogen) atoms. The lowest BCUT2D eigenvalue weighted by Gasteiger charge is -2.03. The van der Waals surface area contributed by atoms with Crippen LogP contribution in [0.25, 0.3) is 22.2 Å². The minimum atomic E-state index is 0.914. The number of fused-ring (bicyclic) bond motifs is 1. The van der Waals surface area contributed by atoms with Crippen molar-refractivity contribution in [3.63, 3.8) is 0 Å². The molecule has 3 rings (SSSR count). The van der Waals surface area contributed by atoms with Gasteiger partial charge in [0.25, 0.3) is 0 Å². The van der Waals surface area contributed by atoms with Crippen LogP contribution in [0, 0.1) is 6.92 Å². The summed E-state index contributed by atoms with van der Waals surface area (Å²) in [5.41, 5.74) is 4.36. The molecule has 0 bridgehead atoms. The van der Waals surface area contributed by atoms with Crippen LogP contribution in [-0.2, 0) is 0 Å². The monoisotopic (exact) mass is 198 g/mol. The summed E-state index contributed by atoms with van der Waals surface area (Å²) in [4.78, 5) is 7.43. The third-order valence-electron chi connectivity index (χ3n) is 2.56. The molecule has 0 fully saturated rings. The Kier molecular flexibility index (Phi) is 1.62. The molecule has 0 unspecified atom stereocenters. The van der Waals surface area contributed by atoms with Crippen LogP contribution >= 0.6 is 0 Å². The van der Waals surface area contributed by atoms with Crippen molar-refractivity contribution in [2.24, 2.45) is 0 Å². The van der Waals surface area contributed by atoms with Crippen LogP contribution in [0.5, 0.6) is 0 Å². The molecule has 0 aliphatic carbocycles. The van der Waals surface area contributed by atoms with Crippen molar-refractivity contribution in [2.75, 3.05) is 0 Å². The molecule has 4 heteroatoms. The van der Waals surface area contributed by atoms with Gasteiger partial charge in [-0.3, -0.25) is 5.10 Å². The zero-order chi connectivity index (χ0) is 10.3. The Morgan fingerprint density at radius 1 is 1.27 bits per heavy atom. The molecule has 0 amide bonds. The molecule has 0 aromatic carbocycles. The van der Waals surface area contributed by atoms with Gasteiger partial charge < -0.3 is 4.98 Å². The van der Waals surface area contributed by atoms with Crippen LogP contribution < -0.4 is 0 Å². The number of rotatable bonds is 1. The van der Waals surface area contributed by atoms with Gasteiger partial charge in [0.05, 0.1) is 6.20 Å². The highest BCUT2D eigenvalue weighted by molar-refractivity contribution is 5.94. The number of hydrogen-bond donors (Lipinski definition) is 2. The maximum atomic E-state index is 4.33. The maximum absolute atomic E-state index is 4.33. The fourth-order valence-electron chi connectivity index (χ4n) is 1.88. The lowest BCUT2D eigenvalue weighted by molar-refractivity contribution is 1.09. The van der Waals surface area contributed by atoms with Crippen molar-refractivity contribution in [1.82, 2.24) is 20.2 Å². The van der Waals surface area contributed by atoms with E-state index in [-0.39, 0.29) is 0 Å². The minimum Gasteiger partial charge on any atom is -0.346 e. The van der Waals surface area contributed by atoms with Gasteiger partial charge in [0.15, 0.2) is 0 Å². The standard InChI is InChI=1S/C11H10N4/c1-7-4-13-11-9(2-3-12-11)10(7)8-5-14-15-6-8/h2-6H,1H3,(H,12,13)(H,14,15). The summed E-state index contributed by atoms with van der Waals surface area (Å²) < 4.78 is 0. The number of pyridine rings is 1. The Bertz CT molecular complexity index is 592. The topological polar surface area (TPSA) is 57.4 Å². The van der Waals surface area contributed by atoms with E-state index in [0.29, 0.717) is 0 Å². The van der Waals surface area contributed by atoms with Crippen LogP contribution in [0.1, 0.15) is 5.56 Å². The number of H-pyrrole nitrogens is 2. The normalized spacial score (nSPS) is 11.0. The molecule has 2 N–H and O–H groups in total. The third-order valence-corrected chi connectivity index (χ3v) is 2.56. The van der Waals surface area contributed by atoms with Crippen LogP contribution in [0.2, 0.25) is 0 Å². The van der Waals surface area contributed by atoms with Crippen molar-refractivity contribution < 1.29 is 0 Å². The quantitative estimate of drug-likeness (QED) is 0.630. The number of nitrogens with zero attached hydrogens (tertiary/aromatic N) is 2. The Labute approximate surface area is 86.4 Å². The molecular formula is C11H10N4. The Balaban J connectivity index is 2.41. The predicted molar refractivity (Wildman–Crippen MR) is 58.4 cm³/mol. The van der Waals surface area contributed by atoms with E-state index in [1.54, 1.807) is 0 Å². The lowest BCUT2D eigenvalue weighted by Crippen LogP contribution is -1.86. The first-order valence-corrected chi connectivity index (χ1v) is 4.78. The highest BCUT2D eigenvalue weighted by Crippen LogP contribution is 2.29. The van der Waals surface area contributed by atoms with E-state index in [4.69, 9.17) is 0 Å². The maximum Gasteiger partial charge on any atom is 0.137 e. The Morgan fingerprint density at radius 2 is 2.20 bits per heavy atom. The fraction of sp³-hybridized carbons (Fsp3) is 0.0909. The molecule has 3 heterocycles. The summed E-state index contributed by atoms with van der Waals surface area (Å²) in [5, 5.41) is 7.94. The molecule has 0 aliphatic heterocycles. The number of aromatic nitrogens is 4. The van der Waals surface area contributed by atoms with Gasteiger partial charge in [-0.25, -0.2) is 4.98 Å². The molecule has 4 nitrogen and oxygen atoms in total. The van der Waals surface area contributed by atoms with Crippen molar-refractivity contribution in [2.45, 2.75) is 6.92 Å². The highest BCUT2D eigenvalue weighted by Gasteiger charge is 2.09. The van der Waals surface area contributed by atoms with Crippen LogP contribution in [0.3, 0.4) is 0 Å². The van der Waals surface area contributed by atoms with Gasteiger partial charge >= 0.3 is 0 Å². The molecule has 74 valence electrons. The van der Waals surface area contributed by atoms with Gasteiger partial charge in [0, 0.05) is 35.1 Å². The van der Waals surface area contributed by atoms with Crippen molar-refractivity contribution in [3.05, 3.63) is 36.4 Å². The molecule has 0 saturated heterocycles. The van der Waals surface area contributed by atoms with Gasteiger partial charge in [-0.15, -0.1) is 0 Å². The van der Waals surface area contributed by atoms with Gasteiger partial charge in [0.1, 0.15) is 5.65 Å². The number of nitrogens with one attached hydrogen (secondary N) is 2. The summed E-state index contributed by atoms with van der Waals surface area (Å²) >= 11 is 0. The van der Waals surface area contributed by atoms with E-state index in [1.165, 1.54) is 5.56 Å². The van der Waals surface area contributed by atoms with Gasteiger partial charge in [-0.2, -0.15) is 5.10 Å².